The molecule has 1 fully saturated rings. The van der Waals surface area contributed by atoms with Crippen LogP contribution in [-0.2, 0) is 32.7 Å². The summed E-state index contributed by atoms with van der Waals surface area (Å²) in [5.41, 5.74) is 10.3. The summed E-state index contributed by atoms with van der Waals surface area (Å²) in [6, 6.07) is 22.3. The molecule has 1 aromatic heterocycles. The number of aryl methyl sites for hydroxylation is 1. The second-order valence-corrected chi connectivity index (χ2v) is 11.7. The van der Waals surface area contributed by atoms with E-state index in [1.165, 1.54) is 11.8 Å². The number of carbonyl (C=O) groups excluding carboxylic acids is 2. The van der Waals surface area contributed by atoms with E-state index in [1.54, 1.807) is 23.9 Å². The van der Waals surface area contributed by atoms with Crippen LogP contribution in [0.25, 0.3) is 0 Å². The summed E-state index contributed by atoms with van der Waals surface area (Å²) < 4.78 is 14.4. The Kier molecular flexibility index (Phi) is 11.1. The maximum atomic E-state index is 12.6. The zero-order valence-electron chi connectivity index (χ0n) is 25.0. The number of nitrogens with one attached hydrogen (secondary N) is 2. The topological polar surface area (TPSA) is 167 Å². The van der Waals surface area contributed by atoms with E-state index in [9.17, 15) is 14.7 Å². The lowest BCUT2D eigenvalue weighted by Gasteiger charge is -2.36. The van der Waals surface area contributed by atoms with Crippen molar-refractivity contribution in [3.05, 3.63) is 89.5 Å². The van der Waals surface area contributed by atoms with Gasteiger partial charge < -0.3 is 30.9 Å². The number of unbranched alkanes of at least 4 members (excludes halogenated alkanes) is 1. The average Bonchev–Trinajstić information content (AvgIpc) is 3.47. The van der Waals surface area contributed by atoms with Gasteiger partial charge in [0.25, 0.3) is 0 Å². The Morgan fingerprint density at radius 3 is 2.31 bits per heavy atom. The van der Waals surface area contributed by atoms with E-state index >= 15 is 0 Å². The fourth-order valence-corrected chi connectivity index (χ4v) is 5.74. The third kappa shape index (κ3) is 9.11. The van der Waals surface area contributed by atoms with Crippen LogP contribution < -0.4 is 16.4 Å². The minimum absolute atomic E-state index is 0.0206. The van der Waals surface area contributed by atoms with Crippen molar-refractivity contribution in [1.29, 1.82) is 0 Å². The number of nitrogens with zero attached hydrogens (tertiary/aromatic N) is 4. The number of tetrazole rings is 1. The lowest BCUT2D eigenvalue weighted by Crippen LogP contribution is -2.31. The Bertz CT molecular complexity index is 1560. The molecule has 45 heavy (non-hydrogen) atoms. The Hall–Kier alpha value is -4.30. The molecule has 1 saturated heterocycles. The smallest absolute Gasteiger partial charge is 0.224 e. The second-order valence-electron chi connectivity index (χ2n) is 10.8. The summed E-state index contributed by atoms with van der Waals surface area (Å²) in [7, 11) is 1.80. The number of para-hydroxylation sites is 2. The van der Waals surface area contributed by atoms with E-state index in [4.69, 9.17) is 15.2 Å². The molecule has 236 valence electrons. The number of amides is 2. The highest BCUT2D eigenvalue weighted by molar-refractivity contribution is 7.99. The van der Waals surface area contributed by atoms with Crippen LogP contribution in [0.15, 0.2) is 78.0 Å². The first-order valence-electron chi connectivity index (χ1n) is 14.8. The lowest BCUT2D eigenvalue weighted by molar-refractivity contribution is -0.245. The summed E-state index contributed by atoms with van der Waals surface area (Å²) >= 11 is 1.52. The highest BCUT2D eigenvalue weighted by Crippen LogP contribution is 2.39. The maximum absolute atomic E-state index is 12.6. The Morgan fingerprint density at radius 2 is 1.64 bits per heavy atom. The zero-order valence-corrected chi connectivity index (χ0v) is 25.8. The van der Waals surface area contributed by atoms with Gasteiger partial charge in [-0.2, -0.15) is 0 Å². The second kappa shape index (κ2) is 15.6. The first kappa shape index (κ1) is 32.1. The van der Waals surface area contributed by atoms with Crippen LogP contribution in [0.3, 0.4) is 0 Å². The van der Waals surface area contributed by atoms with Crippen LogP contribution in [0.5, 0.6) is 0 Å². The summed E-state index contributed by atoms with van der Waals surface area (Å²) in [5.74, 6) is 0.379. The van der Waals surface area contributed by atoms with Gasteiger partial charge in [0, 0.05) is 43.3 Å². The molecule has 1 aliphatic rings. The Morgan fingerprint density at radius 1 is 0.956 bits per heavy atom. The average molecular weight is 632 g/mol. The molecule has 0 saturated carbocycles. The van der Waals surface area contributed by atoms with Crippen molar-refractivity contribution in [2.24, 2.45) is 7.05 Å². The number of nitrogen functional groups attached to an aromatic ring is 1. The SMILES string of the molecule is Cn1nnnc1SCC1CC(c2ccc(CO)cc2)OC(c2ccc(NC(=O)CCCCC(=O)Nc3ccccc3N)cc2)O1. The molecule has 2 heterocycles. The molecule has 0 spiro atoms. The summed E-state index contributed by atoms with van der Waals surface area (Å²) in [4.78, 5) is 24.8. The molecule has 0 radical (unpaired) electrons. The monoisotopic (exact) mass is 631 g/mol. The number of benzene rings is 3. The number of rotatable bonds is 13. The quantitative estimate of drug-likeness (QED) is 0.0918. The number of thioether (sulfide) groups is 1. The fourth-order valence-electron chi connectivity index (χ4n) is 4.88. The van der Waals surface area contributed by atoms with Gasteiger partial charge in [-0.3, -0.25) is 9.59 Å². The van der Waals surface area contributed by atoms with Gasteiger partial charge >= 0.3 is 0 Å². The zero-order chi connectivity index (χ0) is 31.6. The number of carbonyl (C=O) groups is 2. The normalized spacial score (nSPS) is 18.0. The van der Waals surface area contributed by atoms with E-state index in [0.717, 1.165) is 16.7 Å². The number of ether oxygens (including phenoxy) is 2. The van der Waals surface area contributed by atoms with E-state index < -0.39 is 6.29 Å². The molecule has 3 unspecified atom stereocenters. The van der Waals surface area contributed by atoms with Gasteiger partial charge in [0.05, 0.1) is 30.2 Å². The van der Waals surface area contributed by atoms with Gasteiger partial charge in [-0.05, 0) is 58.7 Å². The third-order valence-corrected chi connectivity index (χ3v) is 8.50. The number of anilines is 3. The van der Waals surface area contributed by atoms with Crippen molar-refractivity contribution in [2.45, 2.75) is 62.4 Å². The van der Waals surface area contributed by atoms with Gasteiger partial charge in [0.2, 0.25) is 17.0 Å². The molecule has 1 aliphatic heterocycles. The third-order valence-electron chi connectivity index (χ3n) is 7.35. The molecular formula is C32H37N7O5S. The van der Waals surface area contributed by atoms with Crippen molar-refractivity contribution in [2.75, 3.05) is 22.1 Å². The molecule has 0 aliphatic carbocycles. The Labute approximate surface area is 265 Å². The van der Waals surface area contributed by atoms with Crippen molar-refractivity contribution < 1.29 is 24.2 Å². The first-order chi connectivity index (χ1) is 21.9. The van der Waals surface area contributed by atoms with E-state index in [0.29, 0.717) is 60.1 Å². The number of hydrogen-bond donors (Lipinski definition) is 4. The van der Waals surface area contributed by atoms with Crippen molar-refractivity contribution in [1.82, 2.24) is 20.2 Å². The number of aliphatic hydroxyl groups is 1. The molecule has 5 rings (SSSR count). The van der Waals surface area contributed by atoms with Crippen LogP contribution in [0.2, 0.25) is 0 Å². The predicted octanol–water partition coefficient (Wildman–Crippen LogP) is 4.76. The number of nitrogens with two attached hydrogens (primary N) is 1. The standard InChI is InChI=1S/C32H37N7O5S/c1-39-32(36-37-38-39)45-20-25-18-28(22-12-10-21(19-40)11-13-22)44-31(43-25)23-14-16-24(17-15-23)34-29(41)8-4-5-9-30(42)35-27-7-3-2-6-26(27)33/h2-3,6-7,10-17,25,28,31,40H,4-5,8-9,18-20,33H2,1H3,(H,34,41)(H,35,42). The van der Waals surface area contributed by atoms with Crippen LogP contribution in [0.1, 0.15) is 61.2 Å². The molecule has 4 aromatic rings. The van der Waals surface area contributed by atoms with Crippen molar-refractivity contribution in [3.8, 4) is 0 Å². The van der Waals surface area contributed by atoms with E-state index in [-0.39, 0.29) is 30.6 Å². The van der Waals surface area contributed by atoms with Gasteiger partial charge in [-0.15, -0.1) is 5.10 Å². The number of hydrogen-bond acceptors (Lipinski definition) is 10. The minimum atomic E-state index is -0.619. The van der Waals surface area contributed by atoms with Crippen molar-refractivity contribution in [3.63, 3.8) is 0 Å². The van der Waals surface area contributed by atoms with Crippen LogP contribution in [0.4, 0.5) is 17.1 Å². The summed E-state index contributed by atoms with van der Waals surface area (Å²) in [6.45, 7) is -0.0206. The predicted molar refractivity (Wildman–Crippen MR) is 171 cm³/mol. The first-order valence-corrected chi connectivity index (χ1v) is 15.8. The number of aromatic nitrogens is 4. The molecule has 5 N–H and O–H groups in total. The van der Waals surface area contributed by atoms with Crippen LogP contribution >= 0.6 is 11.8 Å². The van der Waals surface area contributed by atoms with E-state index in [2.05, 4.69) is 26.2 Å². The van der Waals surface area contributed by atoms with Gasteiger partial charge in [-0.1, -0.05) is 60.3 Å². The van der Waals surface area contributed by atoms with E-state index in [1.807, 2.05) is 60.7 Å². The molecule has 3 atom stereocenters. The molecule has 13 heteroatoms. The van der Waals surface area contributed by atoms with Gasteiger partial charge in [-0.25, -0.2) is 4.68 Å². The Balaban J connectivity index is 1.13. The van der Waals surface area contributed by atoms with Gasteiger partial charge in [0.1, 0.15) is 0 Å². The van der Waals surface area contributed by atoms with Crippen LogP contribution in [0, 0.1) is 0 Å². The van der Waals surface area contributed by atoms with Gasteiger partial charge in [0.15, 0.2) is 6.29 Å². The highest BCUT2D eigenvalue weighted by Gasteiger charge is 2.32. The molecule has 3 aromatic carbocycles. The molecule has 12 nitrogen and oxygen atoms in total. The highest BCUT2D eigenvalue weighted by atomic mass is 32.2. The molecule has 2 amide bonds. The largest absolute Gasteiger partial charge is 0.397 e. The van der Waals surface area contributed by atoms with Crippen molar-refractivity contribution >= 4 is 40.6 Å². The summed E-state index contributed by atoms with van der Waals surface area (Å²) in [5, 5.41) is 27.5. The maximum Gasteiger partial charge on any atom is 0.224 e. The van der Waals surface area contributed by atoms with Crippen LogP contribution in [-0.4, -0.2) is 49.0 Å². The summed E-state index contributed by atoms with van der Waals surface area (Å²) in [6.07, 6.45) is 1.43. The lowest BCUT2D eigenvalue weighted by atomic mass is 10.0. The fraction of sp³-hybridized carbons (Fsp3) is 0.344. The molecular weight excluding hydrogens is 594 g/mol. The minimum Gasteiger partial charge on any atom is -0.397 e. The number of aliphatic hydroxyl groups excluding tert-OH is 1. The molecule has 0 bridgehead atoms.